The van der Waals surface area contributed by atoms with Crippen LogP contribution in [-0.4, -0.2) is 22.5 Å². The molecule has 0 saturated heterocycles. The Morgan fingerprint density at radius 1 is 1.70 bits per heavy atom. The van der Waals surface area contributed by atoms with E-state index < -0.39 is 19.5 Å². The molecule has 0 spiro atoms. The van der Waals surface area contributed by atoms with Gasteiger partial charge in [0, 0.05) is 6.92 Å². The van der Waals surface area contributed by atoms with Gasteiger partial charge in [-0.3, -0.25) is 9.32 Å². The molecule has 0 amide bonds. The van der Waals surface area contributed by atoms with Crippen LogP contribution in [0.3, 0.4) is 0 Å². The Morgan fingerprint density at radius 3 is 2.50 bits per heavy atom. The molecule has 0 aliphatic rings. The van der Waals surface area contributed by atoms with Gasteiger partial charge in [0.15, 0.2) is 0 Å². The first-order chi connectivity index (χ1) is 4.42. The van der Waals surface area contributed by atoms with E-state index in [9.17, 15) is 4.79 Å². The van der Waals surface area contributed by atoms with E-state index in [-0.39, 0.29) is 0 Å². The first-order valence-corrected chi connectivity index (χ1v) is 4.88. The molecule has 0 aromatic heterocycles. The van der Waals surface area contributed by atoms with Crippen molar-refractivity contribution in [2.45, 2.75) is 6.92 Å². The Kier molecular flexibility index (Phi) is 4.00. The molecule has 0 rings (SSSR count). The molecule has 2 N–H and O–H groups in total. The Labute approximate surface area is 62.8 Å². The van der Waals surface area contributed by atoms with Crippen LogP contribution in [0.5, 0.6) is 0 Å². The van der Waals surface area contributed by atoms with Crippen molar-refractivity contribution in [3.8, 4) is 0 Å². The summed E-state index contributed by atoms with van der Waals surface area (Å²) in [6.45, 7) is -3.01. The average molecular weight is 186 g/mol. The van der Waals surface area contributed by atoms with Crippen molar-refractivity contribution >= 4 is 24.5 Å². The smallest absolute Gasteiger partial charge is 0.324 e. The minimum atomic E-state index is -3.67. The fraction of sp³-hybridized carbons (Fsp3) is 0.667. The first-order valence-electron chi connectivity index (χ1n) is 2.25. The van der Waals surface area contributed by atoms with E-state index in [4.69, 9.17) is 9.79 Å². The van der Waals surface area contributed by atoms with Gasteiger partial charge in [-0.1, -0.05) is 0 Å². The molecule has 0 radical (unpaired) electrons. The minimum absolute atomic E-state index is 0.514. The maximum Gasteiger partial charge on any atom is 0.324 e. The molecule has 5 nitrogen and oxygen atoms in total. The zero-order valence-corrected chi connectivity index (χ0v) is 6.89. The second-order valence-electron chi connectivity index (χ2n) is 1.37. The quantitative estimate of drug-likeness (QED) is 0.359. The van der Waals surface area contributed by atoms with Crippen molar-refractivity contribution in [2.24, 2.45) is 0 Å². The molecule has 7 heteroatoms. The molecule has 0 aliphatic heterocycles. The number of hydrogen-bond donors (Lipinski definition) is 2. The summed E-state index contributed by atoms with van der Waals surface area (Å²) in [5, 5.41) is 0. The summed E-state index contributed by atoms with van der Waals surface area (Å²) in [5.74, 6) is -0.566. The monoisotopic (exact) mass is 186 g/mol. The summed E-state index contributed by atoms with van der Waals surface area (Å²) >= 11 is 4.05. The molecular weight excluding hydrogens is 179 g/mol. The summed E-state index contributed by atoms with van der Waals surface area (Å²) in [7, 11) is 0. The number of esters is 1. The van der Waals surface area contributed by atoms with E-state index in [0.717, 1.165) is 0 Å². The van der Waals surface area contributed by atoms with Crippen LogP contribution in [0.2, 0.25) is 0 Å². The van der Waals surface area contributed by atoms with Crippen LogP contribution >= 0.6 is 6.72 Å². The topological polar surface area (TPSA) is 76.0 Å². The Bertz CT molecular complexity index is 162. The van der Waals surface area contributed by atoms with Gasteiger partial charge in [0.1, 0.15) is 0 Å². The summed E-state index contributed by atoms with van der Waals surface area (Å²) in [6, 6.07) is 0. The summed E-state index contributed by atoms with van der Waals surface area (Å²) in [5.41, 5.74) is 0. The van der Waals surface area contributed by atoms with Gasteiger partial charge < -0.3 is 14.5 Å². The van der Waals surface area contributed by atoms with Crippen molar-refractivity contribution < 1.29 is 23.8 Å². The molecule has 0 atom stereocenters. The van der Waals surface area contributed by atoms with Crippen LogP contribution in [0.4, 0.5) is 0 Å². The van der Waals surface area contributed by atoms with Gasteiger partial charge in [-0.15, -0.1) is 0 Å². The maximum atomic E-state index is 10.0. The Hall–Kier alpha value is -0.0000000000000000833. The second-order valence-corrected chi connectivity index (χ2v) is 4.04. The molecule has 0 aliphatic carbocycles. The van der Waals surface area contributed by atoms with Gasteiger partial charge in [0.05, 0.1) is 0 Å². The fourth-order valence-electron chi connectivity index (χ4n) is 0.178. The normalized spacial score (nSPS) is 11.1. The predicted octanol–water partition coefficient (Wildman–Crippen LogP) is -0.267. The molecule has 0 saturated carbocycles. The molecular formula is C3H7O5PS. The van der Waals surface area contributed by atoms with Crippen molar-refractivity contribution in [3.63, 3.8) is 0 Å². The summed E-state index contributed by atoms with van der Waals surface area (Å²) in [4.78, 5) is 26.8. The standard InChI is InChI=1S/C3H7O5PS/c1-3(4)7-2-8-9(5,6)10/h2H2,1H3,(H2,5,6,10). The second kappa shape index (κ2) is 4.00. The highest BCUT2D eigenvalue weighted by Crippen LogP contribution is 2.35. The fourth-order valence-corrected chi connectivity index (χ4v) is 0.497. The number of ether oxygens (including phenoxy) is 1. The van der Waals surface area contributed by atoms with Crippen molar-refractivity contribution in [3.05, 3.63) is 0 Å². The molecule has 0 aromatic carbocycles. The number of carbonyl (C=O) groups excluding carboxylic acids is 1. The van der Waals surface area contributed by atoms with Crippen molar-refractivity contribution in [1.82, 2.24) is 0 Å². The first kappa shape index (κ1) is 10.0. The van der Waals surface area contributed by atoms with E-state index in [1.807, 2.05) is 0 Å². The van der Waals surface area contributed by atoms with E-state index >= 15 is 0 Å². The average Bonchev–Trinajstić information content (AvgIpc) is 1.59. The van der Waals surface area contributed by atoms with Gasteiger partial charge in [0.25, 0.3) is 0 Å². The molecule has 0 bridgehead atoms. The lowest BCUT2D eigenvalue weighted by molar-refractivity contribution is -0.147. The SMILES string of the molecule is CC(=O)OCOP(O)(O)=S. The van der Waals surface area contributed by atoms with Crippen LogP contribution in [0.15, 0.2) is 0 Å². The zero-order chi connectivity index (χ0) is 8.20. The number of rotatable bonds is 3. The van der Waals surface area contributed by atoms with Gasteiger partial charge in [-0.05, 0) is 11.8 Å². The molecule has 0 unspecified atom stereocenters. The largest absolute Gasteiger partial charge is 0.438 e. The van der Waals surface area contributed by atoms with Crippen LogP contribution in [0.1, 0.15) is 6.92 Å². The number of hydrogen-bond acceptors (Lipinski definition) is 4. The van der Waals surface area contributed by atoms with Crippen molar-refractivity contribution in [1.29, 1.82) is 0 Å². The summed E-state index contributed by atoms with van der Waals surface area (Å²) in [6.07, 6.45) is 0. The number of carbonyl (C=O) groups is 1. The molecule has 60 valence electrons. The van der Waals surface area contributed by atoms with E-state index in [1.54, 1.807) is 0 Å². The highest BCUT2D eigenvalue weighted by Gasteiger charge is 2.07. The molecule has 0 fully saturated rings. The molecule has 0 heterocycles. The highest BCUT2D eigenvalue weighted by molar-refractivity contribution is 8.06. The predicted molar refractivity (Wildman–Crippen MR) is 36.4 cm³/mol. The molecule has 0 aromatic rings. The van der Waals surface area contributed by atoms with Crippen molar-refractivity contribution in [2.75, 3.05) is 6.79 Å². The van der Waals surface area contributed by atoms with Crippen LogP contribution in [0.25, 0.3) is 0 Å². The van der Waals surface area contributed by atoms with Gasteiger partial charge in [-0.25, -0.2) is 0 Å². The third-order valence-corrected chi connectivity index (χ3v) is 1.24. The Balaban J connectivity index is 3.39. The zero-order valence-electron chi connectivity index (χ0n) is 5.18. The third-order valence-electron chi connectivity index (χ3n) is 0.483. The highest BCUT2D eigenvalue weighted by atomic mass is 32.5. The third kappa shape index (κ3) is 8.00. The lowest BCUT2D eigenvalue weighted by Crippen LogP contribution is -2.02. The van der Waals surface area contributed by atoms with Gasteiger partial charge in [0.2, 0.25) is 6.79 Å². The van der Waals surface area contributed by atoms with Crippen LogP contribution < -0.4 is 0 Å². The van der Waals surface area contributed by atoms with Crippen LogP contribution in [-0.2, 0) is 25.9 Å². The Morgan fingerprint density at radius 2 is 2.20 bits per heavy atom. The van der Waals surface area contributed by atoms with Gasteiger partial charge in [-0.2, -0.15) is 0 Å². The van der Waals surface area contributed by atoms with E-state index in [1.165, 1.54) is 6.92 Å². The summed E-state index contributed by atoms with van der Waals surface area (Å²) < 4.78 is 8.33. The van der Waals surface area contributed by atoms with E-state index in [2.05, 4.69) is 21.1 Å². The van der Waals surface area contributed by atoms with Crippen LogP contribution in [0, 0.1) is 0 Å². The van der Waals surface area contributed by atoms with E-state index in [0.29, 0.717) is 0 Å². The minimum Gasteiger partial charge on any atom is -0.438 e. The lowest BCUT2D eigenvalue weighted by atomic mass is 10.8. The van der Waals surface area contributed by atoms with Gasteiger partial charge >= 0.3 is 12.7 Å². The maximum absolute atomic E-state index is 10.0. The lowest BCUT2D eigenvalue weighted by Gasteiger charge is -2.06. The molecule has 10 heavy (non-hydrogen) atoms.